The number of rotatable bonds is 0. The molecule has 0 aromatic carbocycles. The van der Waals surface area contributed by atoms with Crippen molar-refractivity contribution in [2.24, 2.45) is 5.92 Å². The molecule has 0 saturated heterocycles. The maximum atomic E-state index is 13.5. The third-order valence-corrected chi connectivity index (χ3v) is 2.33. The molecule has 0 amide bonds. The number of aliphatic hydroxyl groups excluding tert-OH is 1. The van der Waals surface area contributed by atoms with Crippen LogP contribution >= 0.6 is 0 Å². The van der Waals surface area contributed by atoms with Crippen molar-refractivity contribution in [1.82, 2.24) is 0 Å². The van der Waals surface area contributed by atoms with E-state index in [0.717, 1.165) is 0 Å². The van der Waals surface area contributed by atoms with Gasteiger partial charge in [0.05, 0.1) is 0 Å². The molecule has 0 aromatic rings. The predicted molar refractivity (Wildman–Crippen MR) is 43.2 cm³/mol. The van der Waals surface area contributed by atoms with Crippen molar-refractivity contribution in [2.45, 2.75) is 26.4 Å². The maximum Gasteiger partial charge on any atom is 0.150 e. The Kier molecular flexibility index (Phi) is 1.98. The first kappa shape index (κ1) is 9.23. The Bertz CT molecular complexity index is 264. The van der Waals surface area contributed by atoms with Gasteiger partial charge in [-0.25, -0.2) is 8.78 Å². The smallest absolute Gasteiger partial charge is 0.150 e. The molecule has 3 heteroatoms. The van der Waals surface area contributed by atoms with Gasteiger partial charge in [0.25, 0.3) is 0 Å². The molecule has 2 unspecified atom stereocenters. The van der Waals surface area contributed by atoms with Gasteiger partial charge in [-0.3, -0.25) is 0 Å². The highest BCUT2D eigenvalue weighted by atomic mass is 19.1. The molecule has 0 saturated carbocycles. The summed E-state index contributed by atoms with van der Waals surface area (Å²) in [6.07, 6.45) is 1.25. The van der Waals surface area contributed by atoms with Gasteiger partial charge in [0.1, 0.15) is 17.3 Å². The van der Waals surface area contributed by atoms with Gasteiger partial charge in [0.2, 0.25) is 0 Å². The summed E-state index contributed by atoms with van der Waals surface area (Å²) in [6, 6.07) is 0. The Morgan fingerprint density at radius 3 is 2.58 bits per heavy atom. The van der Waals surface area contributed by atoms with Crippen molar-refractivity contribution in [1.29, 1.82) is 0 Å². The highest BCUT2D eigenvalue weighted by Gasteiger charge is 2.37. The molecular formula is C9H12F2O. The van der Waals surface area contributed by atoms with Crippen LogP contribution in [0.2, 0.25) is 0 Å². The third-order valence-electron chi connectivity index (χ3n) is 2.33. The van der Waals surface area contributed by atoms with E-state index in [1.165, 1.54) is 26.8 Å². The first-order chi connectivity index (χ1) is 5.36. The highest BCUT2D eigenvalue weighted by molar-refractivity contribution is 5.35. The van der Waals surface area contributed by atoms with Crippen LogP contribution in [-0.2, 0) is 0 Å². The van der Waals surface area contributed by atoms with Gasteiger partial charge in [0.15, 0.2) is 0 Å². The van der Waals surface area contributed by atoms with Crippen molar-refractivity contribution < 1.29 is 13.9 Å². The van der Waals surface area contributed by atoms with E-state index in [9.17, 15) is 8.78 Å². The van der Waals surface area contributed by atoms with E-state index in [4.69, 9.17) is 5.11 Å². The van der Waals surface area contributed by atoms with Crippen molar-refractivity contribution in [3.05, 3.63) is 23.2 Å². The molecule has 1 rings (SSSR count). The lowest BCUT2D eigenvalue weighted by Gasteiger charge is -2.28. The van der Waals surface area contributed by atoms with Crippen LogP contribution in [0.25, 0.3) is 0 Å². The molecule has 12 heavy (non-hydrogen) atoms. The summed E-state index contributed by atoms with van der Waals surface area (Å²) in [5, 5.41) is 9.12. The van der Waals surface area contributed by atoms with Crippen LogP contribution in [0.4, 0.5) is 8.78 Å². The fraction of sp³-hybridized carbons (Fsp3) is 0.556. The standard InChI is InChI=1S/C9H12F2O/c1-5-4-9(3,11)6(2)7(10)8(5)12/h4,6,12H,1-3H3. The molecule has 0 aromatic heterocycles. The fourth-order valence-corrected chi connectivity index (χ4v) is 1.26. The average molecular weight is 174 g/mol. The van der Waals surface area contributed by atoms with Crippen molar-refractivity contribution in [2.75, 3.05) is 0 Å². The quantitative estimate of drug-likeness (QED) is 0.598. The maximum absolute atomic E-state index is 13.5. The zero-order chi connectivity index (χ0) is 9.52. The zero-order valence-corrected chi connectivity index (χ0v) is 7.36. The van der Waals surface area contributed by atoms with Crippen LogP contribution < -0.4 is 0 Å². The number of aliphatic hydroxyl groups is 1. The SMILES string of the molecule is CC1=CC(C)(F)C(C)C(F)=C1O. The van der Waals surface area contributed by atoms with Crippen LogP contribution in [-0.4, -0.2) is 10.8 Å². The van der Waals surface area contributed by atoms with E-state index >= 15 is 0 Å². The van der Waals surface area contributed by atoms with Crippen LogP contribution in [0, 0.1) is 5.92 Å². The summed E-state index contributed by atoms with van der Waals surface area (Å²) in [4.78, 5) is 0. The van der Waals surface area contributed by atoms with Gasteiger partial charge in [-0.15, -0.1) is 0 Å². The minimum absolute atomic E-state index is 0.260. The van der Waals surface area contributed by atoms with E-state index in [2.05, 4.69) is 0 Å². The number of hydrogen-bond acceptors (Lipinski definition) is 1. The zero-order valence-electron chi connectivity index (χ0n) is 7.36. The normalized spacial score (nSPS) is 36.8. The largest absolute Gasteiger partial charge is 0.505 e. The number of hydrogen-bond donors (Lipinski definition) is 1. The molecule has 0 bridgehead atoms. The van der Waals surface area contributed by atoms with Crippen molar-refractivity contribution in [3.8, 4) is 0 Å². The summed E-state index contributed by atoms with van der Waals surface area (Å²) in [5.41, 5.74) is -1.43. The Morgan fingerprint density at radius 1 is 1.58 bits per heavy atom. The van der Waals surface area contributed by atoms with Gasteiger partial charge in [0, 0.05) is 5.92 Å². The van der Waals surface area contributed by atoms with E-state index in [-0.39, 0.29) is 5.57 Å². The Morgan fingerprint density at radius 2 is 2.08 bits per heavy atom. The molecule has 1 aliphatic carbocycles. The molecule has 0 fully saturated rings. The van der Waals surface area contributed by atoms with Crippen LogP contribution in [0.5, 0.6) is 0 Å². The highest BCUT2D eigenvalue weighted by Crippen LogP contribution is 2.38. The second-order valence-corrected chi connectivity index (χ2v) is 3.40. The van der Waals surface area contributed by atoms with E-state index in [1.807, 2.05) is 0 Å². The van der Waals surface area contributed by atoms with Gasteiger partial charge in [-0.05, 0) is 25.5 Å². The molecule has 1 aliphatic rings. The van der Waals surface area contributed by atoms with Gasteiger partial charge >= 0.3 is 0 Å². The van der Waals surface area contributed by atoms with E-state index in [1.54, 1.807) is 0 Å². The van der Waals surface area contributed by atoms with E-state index < -0.39 is 23.2 Å². The lowest BCUT2D eigenvalue weighted by Crippen LogP contribution is -2.29. The molecule has 2 atom stereocenters. The molecular weight excluding hydrogens is 162 g/mol. The summed E-state index contributed by atoms with van der Waals surface area (Å²) in [5.74, 6) is -2.08. The first-order valence-corrected chi connectivity index (χ1v) is 3.83. The van der Waals surface area contributed by atoms with E-state index in [0.29, 0.717) is 0 Å². The average Bonchev–Trinajstić information content (AvgIpc) is 1.97. The minimum atomic E-state index is -1.69. The van der Waals surface area contributed by atoms with Crippen molar-refractivity contribution in [3.63, 3.8) is 0 Å². The fourth-order valence-electron chi connectivity index (χ4n) is 1.26. The second-order valence-electron chi connectivity index (χ2n) is 3.40. The summed E-state index contributed by atoms with van der Waals surface area (Å²) >= 11 is 0. The molecule has 0 aliphatic heterocycles. The number of halogens is 2. The molecule has 0 radical (unpaired) electrons. The number of alkyl halides is 1. The van der Waals surface area contributed by atoms with Gasteiger partial charge < -0.3 is 5.11 Å². The van der Waals surface area contributed by atoms with Crippen LogP contribution in [0.3, 0.4) is 0 Å². The Hall–Kier alpha value is -0.860. The predicted octanol–water partition coefficient (Wildman–Crippen LogP) is 3.05. The van der Waals surface area contributed by atoms with Crippen LogP contribution in [0.15, 0.2) is 23.2 Å². The summed E-state index contributed by atoms with van der Waals surface area (Å²) in [6.45, 7) is 4.19. The third kappa shape index (κ3) is 1.24. The number of allylic oxidation sites excluding steroid dienone is 3. The van der Waals surface area contributed by atoms with Crippen LogP contribution in [0.1, 0.15) is 20.8 Å². The summed E-state index contributed by atoms with van der Waals surface area (Å²) < 4.78 is 26.5. The second kappa shape index (κ2) is 2.57. The molecule has 68 valence electrons. The summed E-state index contributed by atoms with van der Waals surface area (Å²) in [7, 11) is 0. The molecule has 0 spiro atoms. The molecule has 0 heterocycles. The lowest BCUT2D eigenvalue weighted by atomic mass is 9.84. The Balaban J connectivity index is 3.15. The topological polar surface area (TPSA) is 20.2 Å². The molecule has 1 N–H and O–H groups in total. The Labute approximate surface area is 70.4 Å². The lowest BCUT2D eigenvalue weighted by molar-refractivity contribution is 0.160. The monoisotopic (exact) mass is 174 g/mol. The van der Waals surface area contributed by atoms with Gasteiger partial charge in [-0.1, -0.05) is 6.92 Å². The minimum Gasteiger partial charge on any atom is -0.505 e. The first-order valence-electron chi connectivity index (χ1n) is 3.83. The van der Waals surface area contributed by atoms with Gasteiger partial charge in [-0.2, -0.15) is 0 Å². The molecule has 1 nitrogen and oxygen atoms in total. The van der Waals surface area contributed by atoms with Crippen molar-refractivity contribution >= 4 is 0 Å².